The van der Waals surface area contributed by atoms with Gasteiger partial charge in [0.25, 0.3) is 0 Å². The SMILES string of the molecule is Fc1ccc(-c2cc(-c3ccccc3)pc(-c3ccccc3)c2)cc1. The molecule has 0 aliphatic heterocycles. The molecular formula is C23H16FP. The Hall–Kier alpha value is -2.76. The van der Waals surface area contributed by atoms with Crippen LogP contribution in [0.15, 0.2) is 97.1 Å². The third-order valence-electron chi connectivity index (χ3n) is 4.14. The topological polar surface area (TPSA) is 0 Å². The highest BCUT2D eigenvalue weighted by atomic mass is 31.0. The van der Waals surface area contributed by atoms with Crippen LogP contribution in [0.5, 0.6) is 0 Å². The zero-order chi connectivity index (χ0) is 17.1. The van der Waals surface area contributed by atoms with Gasteiger partial charge in [-0.2, -0.15) is 0 Å². The number of rotatable bonds is 3. The molecule has 0 aliphatic rings. The smallest absolute Gasteiger partial charge is 0.123 e. The predicted molar refractivity (Wildman–Crippen MR) is 105 cm³/mol. The molecule has 0 N–H and O–H groups in total. The van der Waals surface area contributed by atoms with Crippen LogP contribution in [0.1, 0.15) is 0 Å². The second-order valence-electron chi connectivity index (χ2n) is 5.87. The summed E-state index contributed by atoms with van der Waals surface area (Å²) < 4.78 is 13.3. The van der Waals surface area contributed by atoms with Crippen molar-refractivity contribution in [2.24, 2.45) is 0 Å². The Morgan fingerprint density at radius 1 is 0.480 bits per heavy atom. The Kier molecular flexibility index (Phi) is 4.41. The van der Waals surface area contributed by atoms with Crippen molar-refractivity contribution < 1.29 is 4.39 Å². The summed E-state index contributed by atoms with van der Waals surface area (Å²) in [6, 6.07) is 31.9. The maximum atomic E-state index is 13.3. The number of benzene rings is 3. The van der Waals surface area contributed by atoms with Gasteiger partial charge in [0.2, 0.25) is 0 Å². The second kappa shape index (κ2) is 7.01. The highest BCUT2D eigenvalue weighted by molar-refractivity contribution is 7.37. The molecule has 2 heteroatoms. The van der Waals surface area contributed by atoms with Crippen molar-refractivity contribution >= 4 is 8.19 Å². The Morgan fingerprint density at radius 3 is 1.44 bits per heavy atom. The lowest BCUT2D eigenvalue weighted by atomic mass is 10.0. The molecule has 4 rings (SSSR count). The molecule has 0 nitrogen and oxygen atoms in total. The van der Waals surface area contributed by atoms with Gasteiger partial charge in [0.15, 0.2) is 0 Å². The highest BCUT2D eigenvalue weighted by Crippen LogP contribution is 2.40. The van der Waals surface area contributed by atoms with E-state index in [0.717, 1.165) is 11.1 Å². The maximum absolute atomic E-state index is 13.3. The van der Waals surface area contributed by atoms with E-state index in [4.69, 9.17) is 0 Å². The van der Waals surface area contributed by atoms with E-state index in [0.29, 0.717) is 0 Å². The Labute approximate surface area is 148 Å². The molecule has 0 bridgehead atoms. The van der Waals surface area contributed by atoms with Crippen LogP contribution in [-0.4, -0.2) is 0 Å². The first-order valence-corrected chi connectivity index (χ1v) is 9.08. The summed E-state index contributed by atoms with van der Waals surface area (Å²) >= 11 is 0. The van der Waals surface area contributed by atoms with E-state index < -0.39 is 0 Å². The lowest BCUT2D eigenvalue weighted by Crippen LogP contribution is -1.83. The Morgan fingerprint density at radius 2 is 0.960 bits per heavy atom. The van der Waals surface area contributed by atoms with Gasteiger partial charge in [-0.15, -0.1) is 0 Å². The lowest BCUT2D eigenvalue weighted by molar-refractivity contribution is 0.628. The van der Waals surface area contributed by atoms with Crippen LogP contribution in [-0.2, 0) is 0 Å². The van der Waals surface area contributed by atoms with Crippen LogP contribution in [0.2, 0.25) is 0 Å². The maximum Gasteiger partial charge on any atom is 0.123 e. The quantitative estimate of drug-likeness (QED) is 0.364. The minimum atomic E-state index is -0.210. The minimum Gasteiger partial charge on any atom is -0.207 e. The van der Waals surface area contributed by atoms with Gasteiger partial charge in [-0.25, -0.2) is 4.39 Å². The van der Waals surface area contributed by atoms with E-state index in [-0.39, 0.29) is 5.82 Å². The van der Waals surface area contributed by atoms with Crippen LogP contribution in [0.3, 0.4) is 0 Å². The molecule has 0 amide bonds. The molecular weight excluding hydrogens is 326 g/mol. The molecule has 0 radical (unpaired) electrons. The molecule has 0 aliphatic carbocycles. The Bertz CT molecular complexity index is 920. The summed E-state index contributed by atoms with van der Waals surface area (Å²) in [5, 5.41) is 2.50. The fourth-order valence-corrected chi connectivity index (χ4v) is 4.08. The summed E-state index contributed by atoms with van der Waals surface area (Å²) in [4.78, 5) is 0. The number of halogens is 1. The van der Waals surface area contributed by atoms with Crippen LogP contribution in [0.25, 0.3) is 32.8 Å². The zero-order valence-corrected chi connectivity index (χ0v) is 14.5. The minimum absolute atomic E-state index is 0.210. The zero-order valence-electron chi connectivity index (χ0n) is 13.6. The van der Waals surface area contributed by atoms with E-state index >= 15 is 0 Å². The first-order valence-electron chi connectivity index (χ1n) is 8.18. The monoisotopic (exact) mass is 342 g/mol. The molecule has 0 unspecified atom stereocenters. The van der Waals surface area contributed by atoms with Crippen LogP contribution in [0.4, 0.5) is 4.39 Å². The van der Waals surface area contributed by atoms with Crippen molar-refractivity contribution in [3.8, 4) is 32.8 Å². The van der Waals surface area contributed by atoms with Crippen LogP contribution < -0.4 is 0 Å². The second-order valence-corrected chi connectivity index (χ2v) is 7.05. The van der Waals surface area contributed by atoms with Gasteiger partial charge in [0.05, 0.1) is 0 Å². The van der Waals surface area contributed by atoms with Crippen LogP contribution >= 0.6 is 8.19 Å². The van der Waals surface area contributed by atoms with Gasteiger partial charge in [0, 0.05) is 10.6 Å². The molecule has 1 aromatic heterocycles. The molecule has 0 spiro atoms. The molecule has 3 aromatic carbocycles. The first-order chi connectivity index (χ1) is 12.3. The van der Waals surface area contributed by atoms with Crippen molar-refractivity contribution in [2.45, 2.75) is 0 Å². The summed E-state index contributed by atoms with van der Waals surface area (Å²) in [7, 11) is 1.18. The molecule has 0 saturated heterocycles. The first kappa shape index (κ1) is 15.7. The fraction of sp³-hybridized carbons (Fsp3) is 0. The van der Waals surface area contributed by atoms with Crippen molar-refractivity contribution in [1.29, 1.82) is 0 Å². The van der Waals surface area contributed by atoms with E-state index in [1.807, 2.05) is 24.3 Å². The average molecular weight is 342 g/mol. The largest absolute Gasteiger partial charge is 0.207 e. The van der Waals surface area contributed by atoms with Gasteiger partial charge in [0.1, 0.15) is 5.82 Å². The molecule has 120 valence electrons. The van der Waals surface area contributed by atoms with Crippen molar-refractivity contribution in [2.75, 3.05) is 0 Å². The molecule has 4 aromatic rings. The normalized spacial score (nSPS) is 10.6. The van der Waals surface area contributed by atoms with Gasteiger partial charge in [-0.1, -0.05) is 81.0 Å². The molecule has 1 heterocycles. The number of hydrogen-bond donors (Lipinski definition) is 0. The predicted octanol–water partition coefficient (Wildman–Crippen LogP) is 7.41. The van der Waals surface area contributed by atoms with E-state index in [9.17, 15) is 4.39 Å². The summed E-state index contributed by atoms with van der Waals surface area (Å²) in [5.74, 6) is -0.210. The summed E-state index contributed by atoms with van der Waals surface area (Å²) in [6.45, 7) is 0. The summed E-state index contributed by atoms with van der Waals surface area (Å²) in [5.41, 5.74) is 4.56. The summed E-state index contributed by atoms with van der Waals surface area (Å²) in [6.07, 6.45) is 0. The van der Waals surface area contributed by atoms with Gasteiger partial charge in [-0.3, -0.25) is 0 Å². The van der Waals surface area contributed by atoms with Crippen molar-refractivity contribution in [3.63, 3.8) is 0 Å². The molecule has 0 saturated carbocycles. The van der Waals surface area contributed by atoms with Gasteiger partial charge >= 0.3 is 0 Å². The average Bonchev–Trinajstić information content (AvgIpc) is 2.69. The van der Waals surface area contributed by atoms with Crippen LogP contribution in [0, 0.1) is 5.82 Å². The molecule has 25 heavy (non-hydrogen) atoms. The lowest BCUT2D eigenvalue weighted by Gasteiger charge is -2.10. The standard InChI is InChI=1S/C23H16FP/c24-21-13-11-17(12-14-21)20-15-22(18-7-3-1-4-8-18)25-23(16-20)19-9-5-2-6-10-19/h1-16H. The van der Waals surface area contributed by atoms with Gasteiger partial charge < -0.3 is 0 Å². The van der Waals surface area contributed by atoms with E-state index in [2.05, 4.69) is 60.7 Å². The Balaban J connectivity index is 1.90. The van der Waals surface area contributed by atoms with E-state index in [1.165, 1.54) is 42.0 Å². The highest BCUT2D eigenvalue weighted by Gasteiger charge is 2.08. The molecule has 0 fully saturated rings. The number of hydrogen-bond acceptors (Lipinski definition) is 0. The van der Waals surface area contributed by atoms with E-state index in [1.54, 1.807) is 0 Å². The van der Waals surface area contributed by atoms with Crippen molar-refractivity contribution in [1.82, 2.24) is 0 Å². The molecule has 0 atom stereocenters. The third kappa shape index (κ3) is 3.52. The third-order valence-corrected chi connectivity index (χ3v) is 5.40. The fourth-order valence-electron chi connectivity index (χ4n) is 2.85. The van der Waals surface area contributed by atoms with Gasteiger partial charge in [-0.05, 0) is 46.5 Å². The van der Waals surface area contributed by atoms with Crippen molar-refractivity contribution in [3.05, 3.63) is 103 Å².